The second-order valence-corrected chi connectivity index (χ2v) is 15.8. The molecule has 13 nitrogen and oxygen atoms in total. The predicted octanol–water partition coefficient (Wildman–Crippen LogP) is 4.98. The zero-order valence-corrected chi connectivity index (χ0v) is 31.7. The first-order valence-electron chi connectivity index (χ1n) is 17.8. The van der Waals surface area contributed by atoms with Gasteiger partial charge in [0.25, 0.3) is 11.8 Å². The van der Waals surface area contributed by atoms with Crippen LogP contribution in [0.15, 0.2) is 45.3 Å². The van der Waals surface area contributed by atoms with Crippen LogP contribution in [-0.2, 0) is 27.2 Å². The number of nitrogens with one attached hydrogen (secondary N) is 2. The second kappa shape index (κ2) is 17.0. The van der Waals surface area contributed by atoms with Crippen molar-refractivity contribution in [3.63, 3.8) is 0 Å². The van der Waals surface area contributed by atoms with E-state index < -0.39 is 18.1 Å². The third-order valence-corrected chi connectivity index (χ3v) is 12.2. The van der Waals surface area contributed by atoms with Gasteiger partial charge >= 0.3 is 12.1 Å². The van der Waals surface area contributed by atoms with Crippen LogP contribution in [0.4, 0.5) is 15.3 Å². The van der Waals surface area contributed by atoms with Crippen molar-refractivity contribution in [1.82, 2.24) is 25.1 Å². The van der Waals surface area contributed by atoms with Crippen molar-refractivity contribution in [3.05, 3.63) is 56.5 Å². The van der Waals surface area contributed by atoms with E-state index in [1.165, 1.54) is 0 Å². The number of fused-ring (bicyclic) bond motifs is 1. The Labute approximate surface area is 314 Å². The maximum atomic E-state index is 14.1. The number of ether oxygens (including phenoxy) is 1. The van der Waals surface area contributed by atoms with Crippen molar-refractivity contribution in [2.24, 2.45) is 11.8 Å². The maximum absolute atomic E-state index is 14.1. The summed E-state index contributed by atoms with van der Waals surface area (Å²) in [4.78, 5) is 59.7. The summed E-state index contributed by atoms with van der Waals surface area (Å²) >= 11 is 6.75. The number of para-hydroxylation sites is 1. The minimum absolute atomic E-state index is 0.0129. The molecule has 4 aliphatic heterocycles. The summed E-state index contributed by atoms with van der Waals surface area (Å²) in [6, 6.07) is 11.2. The summed E-state index contributed by atoms with van der Waals surface area (Å²) in [6.07, 6.45) is 4.16. The van der Waals surface area contributed by atoms with Crippen molar-refractivity contribution in [2.75, 3.05) is 57.7 Å². The number of likely N-dealkylation sites (tertiary alicyclic amines) is 3. The molecule has 0 aliphatic carbocycles. The summed E-state index contributed by atoms with van der Waals surface area (Å²) in [7, 11) is 0. The molecule has 2 aromatic carbocycles. The molecule has 276 valence electrons. The number of urea groups is 1. The Balaban J connectivity index is 1.06. The number of carbonyl (C=O) groups excluding carboxylic acids is 4. The maximum Gasteiger partial charge on any atom is 0.410 e. The molecule has 15 heteroatoms. The number of amides is 5. The van der Waals surface area contributed by atoms with E-state index in [0.717, 1.165) is 62.0 Å². The van der Waals surface area contributed by atoms with E-state index in [1.54, 1.807) is 22.5 Å². The average Bonchev–Trinajstić information content (AvgIpc) is 3.31. The molecule has 3 saturated heterocycles. The molecule has 0 saturated carbocycles. The highest BCUT2D eigenvalue weighted by molar-refractivity contribution is 9.11. The van der Waals surface area contributed by atoms with Crippen LogP contribution in [0, 0.1) is 11.8 Å². The van der Waals surface area contributed by atoms with Crippen LogP contribution >= 0.6 is 31.9 Å². The van der Waals surface area contributed by atoms with Crippen LogP contribution in [0.2, 0.25) is 0 Å². The lowest BCUT2D eigenvalue weighted by molar-refractivity contribution is -0.142. The number of hydrogen-bond donors (Lipinski definition) is 4. The van der Waals surface area contributed by atoms with Crippen molar-refractivity contribution in [1.29, 1.82) is 0 Å². The van der Waals surface area contributed by atoms with Crippen molar-refractivity contribution in [3.8, 4) is 5.75 Å². The number of phenolic OH excluding ortho intramolecular Hbond substituents is 1. The van der Waals surface area contributed by atoms with E-state index in [4.69, 9.17) is 9.94 Å². The molecule has 0 aromatic heterocycles. The molecule has 0 radical (unpaired) electrons. The highest BCUT2D eigenvalue weighted by atomic mass is 79.9. The number of phenols is 1. The molecule has 0 unspecified atom stereocenters. The van der Waals surface area contributed by atoms with E-state index in [2.05, 4.69) is 37.2 Å². The van der Waals surface area contributed by atoms with Gasteiger partial charge < -0.3 is 29.9 Å². The fourth-order valence-corrected chi connectivity index (χ4v) is 9.32. The first-order chi connectivity index (χ1) is 24.6. The number of hydrogen-bond acceptors (Lipinski definition) is 8. The SMILES string of the molecule is O=C(CN1CCC(C2CCN(C(=O)[C@@H](Cc3cc(Br)c(O)c(Br)c3)OC(=O)N3CCC(N4CCc5ccccc5NC4=O)CC3)CC2)CC1)NO. The van der Waals surface area contributed by atoms with Gasteiger partial charge in [0.2, 0.25) is 0 Å². The number of halogens is 2. The van der Waals surface area contributed by atoms with Gasteiger partial charge in [-0.05, 0) is 131 Å². The van der Waals surface area contributed by atoms with Crippen LogP contribution in [0.25, 0.3) is 0 Å². The normalized spacial score (nSPS) is 20.3. The number of anilines is 1. The van der Waals surface area contributed by atoms with E-state index in [1.807, 2.05) is 39.0 Å². The van der Waals surface area contributed by atoms with E-state index in [0.29, 0.717) is 66.3 Å². The van der Waals surface area contributed by atoms with Gasteiger partial charge in [0.1, 0.15) is 5.75 Å². The zero-order valence-electron chi connectivity index (χ0n) is 28.6. The van der Waals surface area contributed by atoms with Crippen LogP contribution in [0.1, 0.15) is 49.7 Å². The number of aromatic hydroxyl groups is 1. The Morgan fingerprint density at radius 3 is 2.14 bits per heavy atom. The molecule has 3 fully saturated rings. The fraction of sp³-hybridized carbons (Fsp3) is 0.556. The van der Waals surface area contributed by atoms with Crippen molar-refractivity contribution >= 4 is 61.5 Å². The Kier molecular flexibility index (Phi) is 12.4. The van der Waals surface area contributed by atoms with Crippen LogP contribution in [0.3, 0.4) is 0 Å². The second-order valence-electron chi connectivity index (χ2n) is 14.0. The number of piperidine rings is 3. The van der Waals surface area contributed by atoms with Gasteiger partial charge in [-0.15, -0.1) is 0 Å². The summed E-state index contributed by atoms with van der Waals surface area (Å²) in [5.74, 6) is 0.389. The number of nitrogens with zero attached hydrogens (tertiary/aromatic N) is 4. The lowest BCUT2D eigenvalue weighted by Gasteiger charge is -2.41. The lowest BCUT2D eigenvalue weighted by Crippen LogP contribution is -2.52. The molecule has 51 heavy (non-hydrogen) atoms. The lowest BCUT2D eigenvalue weighted by atomic mass is 9.78. The van der Waals surface area contributed by atoms with Crippen LogP contribution in [-0.4, -0.2) is 118 Å². The number of benzene rings is 2. The molecule has 1 atom stereocenters. The van der Waals surface area contributed by atoms with Gasteiger partial charge in [-0.3, -0.25) is 19.7 Å². The topological polar surface area (TPSA) is 155 Å². The summed E-state index contributed by atoms with van der Waals surface area (Å²) in [5, 5.41) is 22.1. The largest absolute Gasteiger partial charge is 0.506 e. The highest BCUT2D eigenvalue weighted by Crippen LogP contribution is 2.35. The standard InChI is InChI=1S/C36H46Br2N6O7/c37-28-19-23(20-29(38)33(28)46)21-31(34(47)42-14-7-25(8-15-42)24-5-12-41(13-6-24)22-32(45)40-50)51-36(49)43-16-10-27(11-17-43)44-18-9-26-3-1-2-4-30(26)39-35(44)48/h1-4,19-20,24-25,27,31,46,50H,5-18,21-22H2,(H,39,48)(H,40,45)/t31-/m1/s1. The molecule has 4 N–H and O–H groups in total. The van der Waals surface area contributed by atoms with E-state index >= 15 is 0 Å². The highest BCUT2D eigenvalue weighted by Gasteiger charge is 2.37. The molecule has 6 rings (SSSR count). The molecule has 2 aromatic rings. The summed E-state index contributed by atoms with van der Waals surface area (Å²) < 4.78 is 6.97. The van der Waals surface area contributed by atoms with Gasteiger partial charge in [-0.1, -0.05) is 18.2 Å². The monoisotopic (exact) mass is 832 g/mol. The van der Waals surface area contributed by atoms with E-state index in [9.17, 15) is 24.3 Å². The summed E-state index contributed by atoms with van der Waals surface area (Å²) in [6.45, 7) is 4.34. The third-order valence-electron chi connectivity index (χ3n) is 11.0. The van der Waals surface area contributed by atoms with Crippen molar-refractivity contribution < 1.29 is 34.2 Å². The smallest absolute Gasteiger partial charge is 0.410 e. The van der Waals surface area contributed by atoms with Gasteiger partial charge in [0.05, 0.1) is 15.5 Å². The Bertz CT molecular complexity index is 1570. The number of carbonyl (C=O) groups is 4. The first-order valence-corrected chi connectivity index (χ1v) is 19.4. The van der Waals surface area contributed by atoms with Gasteiger partial charge in [-0.2, -0.15) is 0 Å². The minimum Gasteiger partial charge on any atom is -0.506 e. The molecule has 5 amide bonds. The van der Waals surface area contributed by atoms with Crippen molar-refractivity contribution in [2.45, 2.75) is 63.5 Å². The van der Waals surface area contributed by atoms with Gasteiger partial charge in [0, 0.05) is 50.9 Å². The zero-order chi connectivity index (χ0) is 36.1. The number of hydroxylamine groups is 1. The molecule has 4 heterocycles. The molecule has 4 aliphatic rings. The Hall–Kier alpha value is -3.40. The molecule has 0 spiro atoms. The quantitative estimate of drug-likeness (QED) is 0.215. The molecule has 0 bridgehead atoms. The first kappa shape index (κ1) is 37.4. The summed E-state index contributed by atoms with van der Waals surface area (Å²) in [5.41, 5.74) is 4.37. The molecular weight excluding hydrogens is 788 g/mol. The number of rotatable bonds is 8. The van der Waals surface area contributed by atoms with Crippen LogP contribution < -0.4 is 10.8 Å². The average molecular weight is 835 g/mol. The van der Waals surface area contributed by atoms with E-state index in [-0.39, 0.29) is 36.7 Å². The predicted molar refractivity (Wildman–Crippen MR) is 196 cm³/mol. The Morgan fingerprint density at radius 2 is 1.49 bits per heavy atom. The van der Waals surface area contributed by atoms with Gasteiger partial charge in [0.15, 0.2) is 6.10 Å². The fourth-order valence-electron chi connectivity index (χ4n) is 8.04. The Morgan fingerprint density at radius 1 is 0.882 bits per heavy atom. The van der Waals surface area contributed by atoms with Gasteiger partial charge in [-0.25, -0.2) is 15.1 Å². The minimum atomic E-state index is -1.05. The third kappa shape index (κ3) is 9.16. The van der Waals surface area contributed by atoms with Crippen LogP contribution in [0.5, 0.6) is 5.75 Å². The molecular formula is C36H46Br2N6O7.